The van der Waals surface area contributed by atoms with E-state index in [-0.39, 0.29) is 0 Å². The predicted molar refractivity (Wildman–Crippen MR) is 99.0 cm³/mol. The largest absolute Gasteiger partial charge is 0.491 e. The van der Waals surface area contributed by atoms with Crippen LogP contribution < -0.4 is 15.4 Å². The molecule has 2 N–H and O–H groups in total. The molecule has 2 aromatic rings. The quantitative estimate of drug-likeness (QED) is 0.394. The summed E-state index contributed by atoms with van der Waals surface area (Å²) in [5.41, 5.74) is 1.13. The van der Waals surface area contributed by atoms with Gasteiger partial charge in [-0.1, -0.05) is 12.1 Å². The summed E-state index contributed by atoms with van der Waals surface area (Å²) in [6.45, 7) is 5.38. The summed E-state index contributed by atoms with van der Waals surface area (Å²) in [6, 6.07) is 11.8. The van der Waals surface area contributed by atoms with E-state index in [2.05, 4.69) is 22.5 Å². The van der Waals surface area contributed by atoms with Crippen molar-refractivity contribution in [1.82, 2.24) is 10.6 Å². The maximum Gasteiger partial charge on any atom is 0.191 e. The van der Waals surface area contributed by atoms with Crippen molar-refractivity contribution in [3.05, 3.63) is 54.0 Å². The van der Waals surface area contributed by atoms with E-state index in [4.69, 9.17) is 13.9 Å². The van der Waals surface area contributed by atoms with Gasteiger partial charge >= 0.3 is 0 Å². The molecule has 25 heavy (non-hydrogen) atoms. The molecule has 0 saturated heterocycles. The van der Waals surface area contributed by atoms with Crippen molar-refractivity contribution in [3.63, 3.8) is 0 Å². The lowest BCUT2D eigenvalue weighted by molar-refractivity contribution is 0.146. The van der Waals surface area contributed by atoms with Crippen molar-refractivity contribution in [2.45, 2.75) is 19.9 Å². The number of hydrogen-bond donors (Lipinski definition) is 2. The Labute approximate surface area is 149 Å². The van der Waals surface area contributed by atoms with Crippen molar-refractivity contribution in [1.29, 1.82) is 0 Å². The topological polar surface area (TPSA) is 68.0 Å². The van der Waals surface area contributed by atoms with Gasteiger partial charge in [0.05, 0.1) is 19.4 Å². The summed E-state index contributed by atoms with van der Waals surface area (Å²) in [7, 11) is 1.66. The third-order valence-electron chi connectivity index (χ3n) is 3.49. The van der Waals surface area contributed by atoms with Crippen LogP contribution in [0.2, 0.25) is 0 Å². The number of methoxy groups -OCH3 is 1. The highest BCUT2D eigenvalue weighted by molar-refractivity contribution is 5.79. The molecule has 136 valence electrons. The Morgan fingerprint density at radius 3 is 2.64 bits per heavy atom. The lowest BCUT2D eigenvalue weighted by Crippen LogP contribution is -2.38. The predicted octanol–water partition coefficient (Wildman–Crippen LogP) is 2.60. The van der Waals surface area contributed by atoms with Gasteiger partial charge in [0.15, 0.2) is 5.96 Å². The van der Waals surface area contributed by atoms with Gasteiger partial charge in [-0.25, -0.2) is 4.99 Å². The number of rotatable bonds is 10. The number of aliphatic imine (C=N–C) groups is 1. The molecule has 6 heteroatoms. The second kappa shape index (κ2) is 11.1. The Morgan fingerprint density at radius 1 is 1.12 bits per heavy atom. The molecule has 0 spiro atoms. The van der Waals surface area contributed by atoms with Crippen molar-refractivity contribution < 1.29 is 13.9 Å². The molecule has 0 aliphatic rings. The zero-order valence-corrected chi connectivity index (χ0v) is 15.0. The Bertz CT molecular complexity index is 609. The zero-order valence-electron chi connectivity index (χ0n) is 15.0. The Kier molecular flexibility index (Phi) is 8.41. The standard InChI is InChI=1S/C19H27N3O3/c1-3-20-19(21-11-10-17-5-4-12-24-17)22-15-16-6-8-18(9-7-16)25-14-13-23-2/h4-9,12H,3,10-11,13-15H2,1-2H3,(H2,20,21,22). The van der Waals surface area contributed by atoms with Crippen LogP contribution in [0.1, 0.15) is 18.2 Å². The summed E-state index contributed by atoms with van der Waals surface area (Å²) in [5.74, 6) is 2.61. The third kappa shape index (κ3) is 7.30. The molecule has 0 aliphatic heterocycles. The van der Waals surface area contributed by atoms with Crippen LogP contribution in [0.4, 0.5) is 0 Å². The van der Waals surface area contributed by atoms with Crippen LogP contribution in [0, 0.1) is 0 Å². The average molecular weight is 345 g/mol. The SMILES string of the molecule is CCNC(=NCc1ccc(OCCOC)cc1)NCCc1ccco1. The number of furan rings is 1. The monoisotopic (exact) mass is 345 g/mol. The molecule has 0 unspecified atom stereocenters. The van der Waals surface area contributed by atoms with Gasteiger partial charge in [0.2, 0.25) is 0 Å². The number of guanidine groups is 1. The molecular weight excluding hydrogens is 318 g/mol. The van der Waals surface area contributed by atoms with Gasteiger partial charge in [-0.3, -0.25) is 0 Å². The Morgan fingerprint density at radius 2 is 1.96 bits per heavy atom. The van der Waals surface area contributed by atoms with Gasteiger partial charge in [0.1, 0.15) is 18.1 Å². The molecule has 0 radical (unpaired) electrons. The number of nitrogens with one attached hydrogen (secondary N) is 2. The van der Waals surface area contributed by atoms with E-state index in [0.29, 0.717) is 19.8 Å². The average Bonchev–Trinajstić information content (AvgIpc) is 3.14. The smallest absolute Gasteiger partial charge is 0.191 e. The second-order valence-electron chi connectivity index (χ2n) is 5.44. The van der Waals surface area contributed by atoms with Crippen LogP contribution >= 0.6 is 0 Å². The molecule has 1 heterocycles. The normalized spacial score (nSPS) is 11.4. The maximum absolute atomic E-state index is 5.56. The molecular formula is C19H27N3O3. The number of ether oxygens (including phenoxy) is 2. The van der Waals surface area contributed by atoms with E-state index in [1.807, 2.05) is 36.4 Å². The minimum Gasteiger partial charge on any atom is -0.491 e. The molecule has 2 rings (SSSR count). The molecule has 0 saturated carbocycles. The van der Waals surface area contributed by atoms with Crippen molar-refractivity contribution in [2.24, 2.45) is 4.99 Å². The van der Waals surface area contributed by atoms with Crippen LogP contribution in [0.5, 0.6) is 5.75 Å². The Balaban J connectivity index is 1.80. The molecule has 0 amide bonds. The maximum atomic E-state index is 5.56. The zero-order chi connectivity index (χ0) is 17.7. The van der Waals surface area contributed by atoms with Crippen LogP contribution in [0.25, 0.3) is 0 Å². The van der Waals surface area contributed by atoms with Crippen molar-refractivity contribution in [2.75, 3.05) is 33.4 Å². The van der Waals surface area contributed by atoms with Gasteiger partial charge < -0.3 is 24.5 Å². The van der Waals surface area contributed by atoms with E-state index in [0.717, 1.165) is 42.5 Å². The molecule has 0 fully saturated rings. The summed E-state index contributed by atoms with van der Waals surface area (Å²) in [6.07, 6.45) is 2.52. The highest BCUT2D eigenvalue weighted by Gasteiger charge is 2.00. The minimum atomic E-state index is 0.554. The molecule has 6 nitrogen and oxygen atoms in total. The molecule has 0 aliphatic carbocycles. The summed E-state index contributed by atoms with van der Waals surface area (Å²) < 4.78 is 15.9. The summed E-state index contributed by atoms with van der Waals surface area (Å²) >= 11 is 0. The van der Waals surface area contributed by atoms with E-state index in [1.54, 1.807) is 13.4 Å². The lowest BCUT2D eigenvalue weighted by atomic mass is 10.2. The first-order valence-corrected chi connectivity index (χ1v) is 8.57. The first kappa shape index (κ1) is 18.9. The van der Waals surface area contributed by atoms with E-state index >= 15 is 0 Å². The van der Waals surface area contributed by atoms with E-state index in [1.165, 1.54) is 0 Å². The van der Waals surface area contributed by atoms with Gasteiger partial charge in [0.25, 0.3) is 0 Å². The van der Waals surface area contributed by atoms with E-state index in [9.17, 15) is 0 Å². The lowest BCUT2D eigenvalue weighted by Gasteiger charge is -2.11. The fourth-order valence-corrected chi connectivity index (χ4v) is 2.20. The van der Waals surface area contributed by atoms with Crippen molar-refractivity contribution >= 4 is 5.96 Å². The number of hydrogen-bond acceptors (Lipinski definition) is 4. The van der Waals surface area contributed by atoms with Crippen LogP contribution in [-0.4, -0.2) is 39.4 Å². The van der Waals surface area contributed by atoms with Crippen LogP contribution in [-0.2, 0) is 17.7 Å². The number of benzene rings is 1. The Hall–Kier alpha value is -2.47. The molecule has 0 atom stereocenters. The highest BCUT2D eigenvalue weighted by Crippen LogP contribution is 2.12. The fourth-order valence-electron chi connectivity index (χ4n) is 2.20. The fraction of sp³-hybridized carbons (Fsp3) is 0.421. The number of nitrogens with zero attached hydrogens (tertiary/aromatic N) is 1. The second-order valence-corrected chi connectivity index (χ2v) is 5.44. The first-order chi connectivity index (χ1) is 12.3. The van der Waals surface area contributed by atoms with Gasteiger partial charge in [-0.2, -0.15) is 0 Å². The first-order valence-electron chi connectivity index (χ1n) is 8.57. The summed E-state index contributed by atoms with van der Waals surface area (Å²) in [4.78, 5) is 4.61. The van der Waals surface area contributed by atoms with E-state index < -0.39 is 0 Å². The summed E-state index contributed by atoms with van der Waals surface area (Å²) in [5, 5.41) is 6.56. The van der Waals surface area contributed by atoms with Crippen molar-refractivity contribution in [3.8, 4) is 5.75 Å². The highest BCUT2D eigenvalue weighted by atomic mass is 16.5. The van der Waals surface area contributed by atoms with Gasteiger partial charge in [0, 0.05) is 26.6 Å². The molecule has 0 bridgehead atoms. The van der Waals surface area contributed by atoms with Gasteiger partial charge in [-0.05, 0) is 36.8 Å². The molecule has 1 aromatic carbocycles. The van der Waals surface area contributed by atoms with Gasteiger partial charge in [-0.15, -0.1) is 0 Å². The van der Waals surface area contributed by atoms with Crippen LogP contribution in [0.3, 0.4) is 0 Å². The van der Waals surface area contributed by atoms with Crippen LogP contribution in [0.15, 0.2) is 52.1 Å². The molecule has 1 aromatic heterocycles. The third-order valence-corrected chi connectivity index (χ3v) is 3.49. The minimum absolute atomic E-state index is 0.554.